The molecule has 0 aliphatic carbocycles. The molecule has 8 aromatic carbocycles. The summed E-state index contributed by atoms with van der Waals surface area (Å²) in [7, 11) is 1.47. The predicted molar refractivity (Wildman–Crippen MR) is 181 cm³/mol. The third kappa shape index (κ3) is 4.47. The molecule has 201 valence electrons. The van der Waals surface area contributed by atoms with Gasteiger partial charge in [0.1, 0.15) is 11.5 Å². The normalized spacial score (nSPS) is 11.3. The van der Waals surface area contributed by atoms with Gasteiger partial charge in [0.2, 0.25) is 0 Å². The summed E-state index contributed by atoms with van der Waals surface area (Å²) in [6, 6.07) is 54.9. The van der Waals surface area contributed by atoms with E-state index in [1.165, 1.54) is 29.2 Å². The molecule has 3 heteroatoms. The van der Waals surface area contributed by atoms with Gasteiger partial charge in [-0.2, -0.15) is 0 Å². The largest absolute Gasteiger partial charge is 0.658 e. The van der Waals surface area contributed by atoms with Gasteiger partial charge in [-0.1, -0.05) is 133 Å². The quantitative estimate of drug-likeness (QED) is 0.152. The van der Waals surface area contributed by atoms with Crippen molar-refractivity contribution in [3.05, 3.63) is 158 Å². The van der Waals surface area contributed by atoms with Crippen molar-refractivity contribution < 1.29 is 9.31 Å². The minimum atomic E-state index is 0.746. The van der Waals surface area contributed by atoms with Gasteiger partial charge in [-0.15, -0.1) is 0 Å². The first-order chi connectivity index (χ1) is 21.3. The number of benzene rings is 8. The molecule has 0 amide bonds. The number of hydrogen-bond donors (Lipinski definition) is 0. The van der Waals surface area contributed by atoms with Crippen molar-refractivity contribution in [1.29, 1.82) is 0 Å². The molecule has 0 saturated carbocycles. The van der Waals surface area contributed by atoms with Crippen molar-refractivity contribution in [2.24, 2.45) is 0 Å². The van der Waals surface area contributed by atoms with E-state index < -0.39 is 0 Å². The highest BCUT2D eigenvalue weighted by atomic mass is 16.6. The van der Waals surface area contributed by atoms with E-state index in [1.54, 1.807) is 0 Å². The Morgan fingerprint density at radius 2 is 0.744 bits per heavy atom. The molecular formula is C40H26BO2. The van der Waals surface area contributed by atoms with Gasteiger partial charge < -0.3 is 9.31 Å². The molecule has 0 aliphatic rings. The van der Waals surface area contributed by atoms with Crippen LogP contribution in [0, 0.1) is 0 Å². The van der Waals surface area contributed by atoms with Crippen LogP contribution in [0.2, 0.25) is 0 Å². The Bertz CT molecular complexity index is 2100. The lowest BCUT2D eigenvalue weighted by atomic mass is 9.91. The van der Waals surface area contributed by atoms with Gasteiger partial charge in [-0.3, -0.25) is 0 Å². The predicted octanol–water partition coefficient (Wildman–Crippen LogP) is 10.6. The molecule has 0 unspecified atom stereocenters. The summed E-state index contributed by atoms with van der Waals surface area (Å²) < 4.78 is 12.7. The molecule has 2 nitrogen and oxygen atoms in total. The van der Waals surface area contributed by atoms with E-state index in [1.807, 2.05) is 36.4 Å². The second-order valence-electron chi connectivity index (χ2n) is 10.7. The zero-order valence-electron chi connectivity index (χ0n) is 23.4. The summed E-state index contributed by atoms with van der Waals surface area (Å²) in [5, 5.41) is 9.11. The van der Waals surface area contributed by atoms with Gasteiger partial charge in [0.15, 0.2) is 0 Å². The first-order valence-electron chi connectivity index (χ1n) is 14.5. The van der Waals surface area contributed by atoms with Crippen molar-refractivity contribution in [2.45, 2.75) is 0 Å². The van der Waals surface area contributed by atoms with Crippen LogP contribution in [-0.4, -0.2) is 7.69 Å². The lowest BCUT2D eigenvalue weighted by Crippen LogP contribution is -2.11. The average molecular weight is 549 g/mol. The molecule has 43 heavy (non-hydrogen) atoms. The molecule has 0 heterocycles. The van der Waals surface area contributed by atoms with E-state index in [4.69, 9.17) is 9.31 Å². The third-order valence-corrected chi connectivity index (χ3v) is 8.17. The fraction of sp³-hybridized carbons (Fsp3) is 0. The lowest BCUT2D eigenvalue weighted by Gasteiger charge is -2.17. The molecule has 0 aromatic heterocycles. The van der Waals surface area contributed by atoms with Crippen molar-refractivity contribution in [1.82, 2.24) is 0 Å². The smallest absolute Gasteiger partial charge is 0.526 e. The molecular weight excluding hydrogens is 523 g/mol. The first-order valence-corrected chi connectivity index (χ1v) is 14.5. The van der Waals surface area contributed by atoms with Crippen LogP contribution in [-0.2, 0) is 0 Å². The summed E-state index contributed by atoms with van der Waals surface area (Å²) in [6.45, 7) is 0. The monoisotopic (exact) mass is 549 g/mol. The van der Waals surface area contributed by atoms with Gasteiger partial charge in [0, 0.05) is 21.9 Å². The molecule has 0 saturated heterocycles. The Labute approximate surface area is 251 Å². The van der Waals surface area contributed by atoms with E-state index >= 15 is 0 Å². The van der Waals surface area contributed by atoms with Gasteiger partial charge in [0.25, 0.3) is 0 Å². The second-order valence-corrected chi connectivity index (χ2v) is 10.7. The Balaban J connectivity index is 1.23. The van der Waals surface area contributed by atoms with Crippen LogP contribution in [0.1, 0.15) is 0 Å². The zero-order chi connectivity index (χ0) is 28.6. The zero-order valence-corrected chi connectivity index (χ0v) is 23.4. The van der Waals surface area contributed by atoms with Crippen LogP contribution in [0.3, 0.4) is 0 Å². The summed E-state index contributed by atoms with van der Waals surface area (Å²) >= 11 is 0. The molecule has 8 aromatic rings. The van der Waals surface area contributed by atoms with Crippen LogP contribution in [0.25, 0.3) is 65.3 Å². The summed E-state index contributed by atoms with van der Waals surface area (Å²) in [4.78, 5) is 0. The molecule has 0 N–H and O–H groups in total. The fourth-order valence-corrected chi connectivity index (χ4v) is 6.31. The van der Waals surface area contributed by atoms with Gasteiger partial charge >= 0.3 is 7.69 Å². The number of hydrogen-bond acceptors (Lipinski definition) is 2. The Hall–Kier alpha value is -5.54. The van der Waals surface area contributed by atoms with Gasteiger partial charge in [0.05, 0.1) is 0 Å². The van der Waals surface area contributed by atoms with Crippen LogP contribution in [0.15, 0.2) is 158 Å². The standard InChI is InChI=1S/C40H26BO2/c1-3-13-27(14-4-1)37-33-21-9-7-17-29(33)25-31-19-11-23-35(39(31)37)42-41-43-36-24-12-20-32-26-30-18-8-10-22-34(30)38(40(32)36)28-15-5-2-6-16-28/h1-26H. The van der Waals surface area contributed by atoms with E-state index in [0.717, 1.165) is 55.3 Å². The minimum absolute atomic E-state index is 0.746. The highest BCUT2D eigenvalue weighted by Gasteiger charge is 2.17. The average Bonchev–Trinajstić information content (AvgIpc) is 3.07. The van der Waals surface area contributed by atoms with Crippen LogP contribution < -0.4 is 9.31 Å². The van der Waals surface area contributed by atoms with Crippen LogP contribution >= 0.6 is 0 Å². The lowest BCUT2D eigenvalue weighted by molar-refractivity contribution is 0.465. The third-order valence-electron chi connectivity index (χ3n) is 8.17. The Morgan fingerprint density at radius 3 is 1.21 bits per heavy atom. The maximum absolute atomic E-state index is 6.37. The highest BCUT2D eigenvalue weighted by Crippen LogP contribution is 2.42. The molecule has 8 rings (SSSR count). The van der Waals surface area contributed by atoms with Gasteiger partial charge in [-0.25, -0.2) is 0 Å². The van der Waals surface area contributed by atoms with E-state index in [-0.39, 0.29) is 0 Å². The van der Waals surface area contributed by atoms with Crippen molar-refractivity contribution in [3.63, 3.8) is 0 Å². The van der Waals surface area contributed by atoms with Crippen LogP contribution in [0.5, 0.6) is 11.5 Å². The minimum Gasteiger partial charge on any atom is -0.526 e. The molecule has 0 fully saturated rings. The maximum Gasteiger partial charge on any atom is 0.658 e. The molecule has 0 aliphatic heterocycles. The number of rotatable bonds is 6. The topological polar surface area (TPSA) is 18.5 Å². The molecule has 0 atom stereocenters. The van der Waals surface area contributed by atoms with E-state index in [9.17, 15) is 0 Å². The summed E-state index contributed by atoms with van der Waals surface area (Å²) in [5.41, 5.74) is 4.60. The first kappa shape index (κ1) is 25.2. The summed E-state index contributed by atoms with van der Waals surface area (Å²) in [5.74, 6) is 1.49. The molecule has 0 bridgehead atoms. The Kier molecular flexibility index (Phi) is 6.27. The number of fused-ring (bicyclic) bond motifs is 4. The fourth-order valence-electron chi connectivity index (χ4n) is 6.31. The molecule has 1 radical (unpaired) electrons. The van der Waals surface area contributed by atoms with Crippen molar-refractivity contribution in [3.8, 4) is 33.8 Å². The van der Waals surface area contributed by atoms with Gasteiger partial charge in [-0.05, 0) is 67.7 Å². The SMILES string of the molecule is [B](Oc1cccc2cc3ccccc3c(-c3ccccc3)c12)Oc1cccc2cc3ccccc3c(-c3ccccc3)c12. The van der Waals surface area contributed by atoms with Crippen LogP contribution in [0.4, 0.5) is 0 Å². The second kappa shape index (κ2) is 10.7. The molecule has 0 spiro atoms. The Morgan fingerprint density at radius 1 is 0.349 bits per heavy atom. The van der Waals surface area contributed by atoms with Crippen molar-refractivity contribution in [2.75, 3.05) is 0 Å². The highest BCUT2D eigenvalue weighted by molar-refractivity contribution is 6.24. The summed E-state index contributed by atoms with van der Waals surface area (Å²) in [6.07, 6.45) is 0. The van der Waals surface area contributed by atoms with Crippen molar-refractivity contribution >= 4 is 50.8 Å². The maximum atomic E-state index is 6.37. The van der Waals surface area contributed by atoms with E-state index in [2.05, 4.69) is 121 Å². The van der Waals surface area contributed by atoms with E-state index in [0.29, 0.717) is 0 Å².